The zero-order chi connectivity index (χ0) is 18.4. The van der Waals surface area contributed by atoms with Crippen molar-refractivity contribution in [3.05, 3.63) is 71.8 Å². The molecule has 0 saturated heterocycles. The molecule has 25 heavy (non-hydrogen) atoms. The molecule has 2 rings (SSSR count). The molecule has 0 fully saturated rings. The van der Waals surface area contributed by atoms with Crippen molar-refractivity contribution < 1.29 is 9.90 Å². The summed E-state index contributed by atoms with van der Waals surface area (Å²) in [7, 11) is 4.16. The van der Waals surface area contributed by atoms with Gasteiger partial charge in [-0.05, 0) is 37.6 Å². The number of hydrogen-bond acceptors (Lipinski definition) is 2. The van der Waals surface area contributed by atoms with Crippen LogP contribution in [0.3, 0.4) is 0 Å². The van der Waals surface area contributed by atoms with Gasteiger partial charge in [-0.15, -0.1) is 0 Å². The molecular formula is C22H29NO2. The Morgan fingerprint density at radius 3 is 1.96 bits per heavy atom. The summed E-state index contributed by atoms with van der Waals surface area (Å²) in [6.07, 6.45) is 0.907. The van der Waals surface area contributed by atoms with Gasteiger partial charge in [0, 0.05) is 12.0 Å². The lowest BCUT2D eigenvalue weighted by molar-refractivity contribution is -0.142. The van der Waals surface area contributed by atoms with Gasteiger partial charge in [0.25, 0.3) is 0 Å². The van der Waals surface area contributed by atoms with Crippen LogP contribution in [0.5, 0.6) is 0 Å². The van der Waals surface area contributed by atoms with Crippen LogP contribution in [0.15, 0.2) is 60.7 Å². The quantitative estimate of drug-likeness (QED) is 0.779. The lowest BCUT2D eigenvalue weighted by Crippen LogP contribution is -2.41. The summed E-state index contributed by atoms with van der Waals surface area (Å²) in [6.45, 7) is 4.01. The second-order valence-electron chi connectivity index (χ2n) is 7.14. The number of benzene rings is 2. The van der Waals surface area contributed by atoms with Crippen molar-refractivity contribution in [1.82, 2.24) is 4.90 Å². The molecule has 4 atom stereocenters. The van der Waals surface area contributed by atoms with Gasteiger partial charge in [-0.25, -0.2) is 0 Å². The van der Waals surface area contributed by atoms with Crippen LogP contribution in [0.25, 0.3) is 0 Å². The van der Waals surface area contributed by atoms with E-state index in [-0.39, 0.29) is 17.9 Å². The zero-order valence-electron chi connectivity index (χ0n) is 15.6. The highest BCUT2D eigenvalue weighted by atomic mass is 16.4. The monoisotopic (exact) mass is 339 g/mol. The molecule has 2 aromatic carbocycles. The fraction of sp³-hybridized carbons (Fsp3) is 0.409. The third kappa shape index (κ3) is 4.93. The molecule has 0 saturated carbocycles. The first-order valence-corrected chi connectivity index (χ1v) is 8.90. The zero-order valence-corrected chi connectivity index (χ0v) is 15.6. The molecule has 134 valence electrons. The topological polar surface area (TPSA) is 40.5 Å². The second-order valence-corrected chi connectivity index (χ2v) is 7.14. The number of nitrogens with zero attached hydrogens (tertiary/aromatic N) is 1. The maximum atomic E-state index is 11.8. The fourth-order valence-electron chi connectivity index (χ4n) is 3.81. The molecule has 0 heterocycles. The number of rotatable bonds is 8. The lowest BCUT2D eigenvalue weighted by Gasteiger charge is -2.37. The van der Waals surface area contributed by atoms with Crippen molar-refractivity contribution >= 4 is 5.97 Å². The number of aliphatic carboxylic acids is 1. The molecule has 3 heteroatoms. The minimum atomic E-state index is -0.738. The highest BCUT2D eigenvalue weighted by Gasteiger charge is 2.35. The maximum Gasteiger partial charge on any atom is 0.306 e. The molecule has 4 unspecified atom stereocenters. The molecule has 0 radical (unpaired) electrons. The van der Waals surface area contributed by atoms with Gasteiger partial charge in [0.2, 0.25) is 0 Å². The standard InChI is InChI=1S/C22H29NO2/c1-16(20(23(3)4)15-18-11-7-5-8-12-18)21(17(2)22(24)25)19-13-9-6-10-14-19/h5-14,16-17,20-21H,15H2,1-4H3,(H,24,25). The van der Waals surface area contributed by atoms with Crippen molar-refractivity contribution in [2.75, 3.05) is 14.1 Å². The Kier molecular flexibility index (Phi) is 6.77. The summed E-state index contributed by atoms with van der Waals surface area (Å²) < 4.78 is 0. The van der Waals surface area contributed by atoms with Gasteiger partial charge >= 0.3 is 5.97 Å². The molecule has 0 aliphatic carbocycles. The van der Waals surface area contributed by atoms with Crippen molar-refractivity contribution in [1.29, 1.82) is 0 Å². The maximum absolute atomic E-state index is 11.8. The summed E-state index contributed by atoms with van der Waals surface area (Å²) in [5, 5.41) is 9.66. The highest BCUT2D eigenvalue weighted by Crippen LogP contribution is 2.36. The Morgan fingerprint density at radius 2 is 1.48 bits per heavy atom. The number of carboxylic acids is 1. The lowest BCUT2D eigenvalue weighted by atomic mass is 9.73. The predicted molar refractivity (Wildman–Crippen MR) is 103 cm³/mol. The van der Waals surface area contributed by atoms with Crippen LogP contribution in [-0.4, -0.2) is 36.1 Å². The Labute approximate surface area is 151 Å². The van der Waals surface area contributed by atoms with E-state index in [2.05, 4.69) is 62.3 Å². The normalized spacial score (nSPS) is 16.2. The summed E-state index contributed by atoms with van der Waals surface area (Å²) >= 11 is 0. The molecule has 0 amide bonds. The van der Waals surface area contributed by atoms with Crippen LogP contribution in [0.1, 0.15) is 30.9 Å². The first-order chi connectivity index (χ1) is 11.9. The van der Waals surface area contributed by atoms with E-state index >= 15 is 0 Å². The van der Waals surface area contributed by atoms with Crippen LogP contribution >= 0.6 is 0 Å². The summed E-state index contributed by atoms with van der Waals surface area (Å²) in [4.78, 5) is 14.0. The molecule has 0 bridgehead atoms. The Bertz CT molecular complexity index is 654. The SMILES string of the molecule is CC(C(=O)O)C(c1ccccc1)C(C)C(Cc1ccccc1)N(C)C. The van der Waals surface area contributed by atoms with Crippen LogP contribution in [0, 0.1) is 11.8 Å². The van der Waals surface area contributed by atoms with Gasteiger partial charge in [-0.2, -0.15) is 0 Å². The number of hydrogen-bond donors (Lipinski definition) is 1. The predicted octanol–water partition coefficient (Wildman–Crippen LogP) is 4.30. The van der Waals surface area contributed by atoms with Gasteiger partial charge < -0.3 is 10.0 Å². The second kappa shape index (κ2) is 8.82. The van der Waals surface area contributed by atoms with E-state index in [4.69, 9.17) is 0 Å². The first kappa shape index (κ1) is 19.2. The van der Waals surface area contributed by atoms with E-state index in [9.17, 15) is 9.90 Å². The Morgan fingerprint density at radius 1 is 0.960 bits per heavy atom. The minimum absolute atomic E-state index is 0.0326. The van der Waals surface area contributed by atoms with Gasteiger partial charge in [0.15, 0.2) is 0 Å². The Balaban J connectivity index is 2.34. The summed E-state index contributed by atoms with van der Waals surface area (Å²) in [6, 6.07) is 20.7. The van der Waals surface area contributed by atoms with E-state index < -0.39 is 11.9 Å². The number of likely N-dealkylation sites (N-methyl/N-ethyl adjacent to an activating group) is 1. The van der Waals surface area contributed by atoms with Gasteiger partial charge in [0.05, 0.1) is 5.92 Å². The molecule has 3 nitrogen and oxygen atoms in total. The number of carbonyl (C=O) groups is 1. The fourth-order valence-corrected chi connectivity index (χ4v) is 3.81. The molecule has 0 spiro atoms. The van der Waals surface area contributed by atoms with Gasteiger partial charge in [-0.3, -0.25) is 4.79 Å². The minimum Gasteiger partial charge on any atom is -0.481 e. The first-order valence-electron chi connectivity index (χ1n) is 8.90. The highest BCUT2D eigenvalue weighted by molar-refractivity contribution is 5.71. The number of carboxylic acid groups (broad SMARTS) is 1. The van der Waals surface area contributed by atoms with Crippen molar-refractivity contribution in [3.63, 3.8) is 0 Å². The van der Waals surface area contributed by atoms with Crippen molar-refractivity contribution in [2.24, 2.45) is 11.8 Å². The summed E-state index contributed by atoms with van der Waals surface area (Å²) in [5.41, 5.74) is 2.38. The van der Waals surface area contributed by atoms with E-state index in [1.165, 1.54) is 5.56 Å². The van der Waals surface area contributed by atoms with Crippen LogP contribution in [0.4, 0.5) is 0 Å². The molecule has 0 aliphatic rings. The van der Waals surface area contributed by atoms with Crippen LogP contribution in [-0.2, 0) is 11.2 Å². The molecule has 0 aromatic heterocycles. The smallest absolute Gasteiger partial charge is 0.306 e. The average Bonchev–Trinajstić information content (AvgIpc) is 2.61. The molecule has 0 aliphatic heterocycles. The van der Waals surface area contributed by atoms with E-state index in [1.54, 1.807) is 0 Å². The third-order valence-electron chi connectivity index (χ3n) is 5.24. The van der Waals surface area contributed by atoms with E-state index in [0.29, 0.717) is 0 Å². The molecular weight excluding hydrogens is 310 g/mol. The van der Waals surface area contributed by atoms with Crippen molar-refractivity contribution in [3.8, 4) is 0 Å². The van der Waals surface area contributed by atoms with Gasteiger partial charge in [0.1, 0.15) is 0 Å². The third-order valence-corrected chi connectivity index (χ3v) is 5.24. The van der Waals surface area contributed by atoms with E-state index in [1.807, 2.05) is 31.2 Å². The average molecular weight is 339 g/mol. The van der Waals surface area contributed by atoms with Gasteiger partial charge in [-0.1, -0.05) is 74.5 Å². The molecule has 2 aromatic rings. The summed E-state index contributed by atoms with van der Waals surface area (Å²) in [5.74, 6) is -1.01. The largest absolute Gasteiger partial charge is 0.481 e. The van der Waals surface area contributed by atoms with Crippen molar-refractivity contribution in [2.45, 2.75) is 32.2 Å². The van der Waals surface area contributed by atoms with Crippen LogP contribution < -0.4 is 0 Å². The Hall–Kier alpha value is -2.13. The molecule has 1 N–H and O–H groups in total. The van der Waals surface area contributed by atoms with E-state index in [0.717, 1.165) is 12.0 Å². The van der Waals surface area contributed by atoms with Crippen LogP contribution in [0.2, 0.25) is 0 Å².